The molecule has 0 fully saturated rings. The molecule has 168 valence electrons. The topological polar surface area (TPSA) is 111 Å². The molecular formula is C24H23N5O4. The van der Waals surface area contributed by atoms with Crippen LogP contribution in [0.1, 0.15) is 24.2 Å². The SMILES string of the molecule is O=C(COc1ccc2oc3c(c2c1)CCCC3)NCC(=O)Nc1ccc(-n2cncn2)cc1. The van der Waals surface area contributed by atoms with Gasteiger partial charge in [-0.15, -0.1) is 0 Å². The zero-order chi connectivity index (χ0) is 22.6. The minimum Gasteiger partial charge on any atom is -0.484 e. The largest absolute Gasteiger partial charge is 0.484 e. The number of carbonyl (C=O) groups is 2. The van der Waals surface area contributed by atoms with Crippen molar-refractivity contribution in [2.24, 2.45) is 0 Å². The number of hydrogen-bond donors (Lipinski definition) is 2. The van der Waals surface area contributed by atoms with Gasteiger partial charge >= 0.3 is 0 Å². The quantitative estimate of drug-likeness (QED) is 0.452. The van der Waals surface area contributed by atoms with Gasteiger partial charge in [0.25, 0.3) is 5.91 Å². The molecule has 5 rings (SSSR count). The van der Waals surface area contributed by atoms with Crippen LogP contribution in [0.4, 0.5) is 5.69 Å². The summed E-state index contributed by atoms with van der Waals surface area (Å²) in [6.45, 7) is -0.327. The van der Waals surface area contributed by atoms with Gasteiger partial charge in [0.2, 0.25) is 5.91 Å². The lowest BCUT2D eigenvalue weighted by Crippen LogP contribution is -2.35. The summed E-state index contributed by atoms with van der Waals surface area (Å²) in [6, 6.07) is 12.7. The number of hydrogen-bond acceptors (Lipinski definition) is 6. The molecule has 1 aliphatic carbocycles. The molecule has 0 radical (unpaired) electrons. The molecule has 2 heterocycles. The summed E-state index contributed by atoms with van der Waals surface area (Å²) in [5.74, 6) is 0.957. The van der Waals surface area contributed by atoms with Crippen molar-refractivity contribution < 1.29 is 18.7 Å². The van der Waals surface area contributed by atoms with E-state index in [0.717, 1.165) is 48.1 Å². The second-order valence-corrected chi connectivity index (χ2v) is 7.87. The monoisotopic (exact) mass is 445 g/mol. The van der Waals surface area contributed by atoms with E-state index in [9.17, 15) is 9.59 Å². The highest BCUT2D eigenvalue weighted by atomic mass is 16.5. The lowest BCUT2D eigenvalue weighted by molar-refractivity contribution is -0.125. The van der Waals surface area contributed by atoms with Gasteiger partial charge in [-0.05, 0) is 61.7 Å². The Kier molecular flexibility index (Phi) is 5.75. The highest BCUT2D eigenvalue weighted by Gasteiger charge is 2.18. The molecule has 0 unspecified atom stereocenters. The standard InChI is InChI=1S/C24H23N5O4/c30-23(28-16-5-7-17(8-6-16)29-15-25-14-27-29)12-26-24(31)13-32-18-9-10-22-20(11-18)19-3-1-2-4-21(19)33-22/h5-11,14-15H,1-4,12-13H2,(H,26,31)(H,28,30). The summed E-state index contributed by atoms with van der Waals surface area (Å²) in [7, 11) is 0. The van der Waals surface area contributed by atoms with Gasteiger partial charge in [0.05, 0.1) is 12.2 Å². The maximum atomic E-state index is 12.2. The first kappa shape index (κ1) is 20.7. The Morgan fingerprint density at radius 2 is 1.91 bits per heavy atom. The van der Waals surface area contributed by atoms with Gasteiger partial charge in [0.15, 0.2) is 6.61 Å². The first-order valence-corrected chi connectivity index (χ1v) is 10.8. The maximum Gasteiger partial charge on any atom is 0.258 e. The number of nitrogens with zero attached hydrogens (tertiary/aromatic N) is 3. The number of carbonyl (C=O) groups excluding carboxylic acids is 2. The van der Waals surface area contributed by atoms with Gasteiger partial charge in [-0.2, -0.15) is 5.10 Å². The molecule has 9 nitrogen and oxygen atoms in total. The van der Waals surface area contributed by atoms with Crippen LogP contribution >= 0.6 is 0 Å². The third kappa shape index (κ3) is 4.72. The van der Waals surface area contributed by atoms with Crippen molar-refractivity contribution in [3.05, 3.63) is 66.4 Å². The van der Waals surface area contributed by atoms with Crippen molar-refractivity contribution >= 4 is 28.5 Å². The molecule has 1 aliphatic rings. The molecule has 33 heavy (non-hydrogen) atoms. The van der Waals surface area contributed by atoms with Gasteiger partial charge in [-0.25, -0.2) is 9.67 Å². The third-order valence-corrected chi connectivity index (χ3v) is 5.58. The van der Waals surface area contributed by atoms with E-state index in [-0.39, 0.29) is 25.0 Å². The number of aryl methyl sites for hydroxylation is 2. The predicted octanol–water partition coefficient (Wildman–Crippen LogP) is 3.03. The van der Waals surface area contributed by atoms with Crippen LogP contribution < -0.4 is 15.4 Å². The number of anilines is 1. The molecule has 4 aromatic rings. The number of amides is 2. The van der Waals surface area contributed by atoms with Crippen molar-refractivity contribution in [3.8, 4) is 11.4 Å². The highest BCUT2D eigenvalue weighted by molar-refractivity contribution is 5.94. The van der Waals surface area contributed by atoms with Crippen LogP contribution in [0.25, 0.3) is 16.7 Å². The van der Waals surface area contributed by atoms with Crippen LogP contribution in [0.2, 0.25) is 0 Å². The van der Waals surface area contributed by atoms with Crippen molar-refractivity contribution in [1.82, 2.24) is 20.1 Å². The molecule has 2 N–H and O–H groups in total. The summed E-state index contributed by atoms with van der Waals surface area (Å²) in [4.78, 5) is 28.2. The minimum atomic E-state index is -0.374. The lowest BCUT2D eigenvalue weighted by atomic mass is 9.96. The van der Waals surface area contributed by atoms with E-state index in [2.05, 4.69) is 20.7 Å². The van der Waals surface area contributed by atoms with E-state index >= 15 is 0 Å². The molecule has 9 heteroatoms. The molecule has 2 aromatic carbocycles. The molecular weight excluding hydrogens is 422 g/mol. The van der Waals surface area contributed by atoms with Gasteiger partial charge in [0, 0.05) is 23.1 Å². The van der Waals surface area contributed by atoms with Gasteiger partial charge < -0.3 is 19.8 Å². The fourth-order valence-corrected chi connectivity index (χ4v) is 3.95. The molecule has 0 aliphatic heterocycles. The number of ether oxygens (including phenoxy) is 1. The summed E-state index contributed by atoms with van der Waals surface area (Å²) < 4.78 is 13.2. The Balaban J connectivity index is 1.10. The van der Waals surface area contributed by atoms with Crippen molar-refractivity contribution in [1.29, 1.82) is 0 Å². The molecule has 0 saturated carbocycles. The van der Waals surface area contributed by atoms with Crippen molar-refractivity contribution in [2.75, 3.05) is 18.5 Å². The second-order valence-electron chi connectivity index (χ2n) is 7.87. The van der Waals surface area contributed by atoms with Gasteiger partial charge in [-0.3, -0.25) is 9.59 Å². The summed E-state index contributed by atoms with van der Waals surface area (Å²) in [5, 5.41) is 10.4. The summed E-state index contributed by atoms with van der Waals surface area (Å²) >= 11 is 0. The molecule has 0 saturated heterocycles. The molecule has 2 amide bonds. The first-order chi connectivity index (χ1) is 16.2. The van der Waals surface area contributed by atoms with E-state index in [4.69, 9.17) is 9.15 Å². The average molecular weight is 445 g/mol. The number of fused-ring (bicyclic) bond motifs is 3. The van der Waals surface area contributed by atoms with Crippen molar-refractivity contribution in [3.63, 3.8) is 0 Å². The fraction of sp³-hybridized carbons (Fsp3) is 0.250. The lowest BCUT2D eigenvalue weighted by Gasteiger charge is -2.10. The van der Waals surface area contributed by atoms with E-state index < -0.39 is 0 Å². The summed E-state index contributed by atoms with van der Waals surface area (Å²) in [5.41, 5.74) is 3.54. The predicted molar refractivity (Wildman–Crippen MR) is 121 cm³/mol. The minimum absolute atomic E-state index is 0.151. The molecule has 0 atom stereocenters. The Morgan fingerprint density at radius 1 is 1.06 bits per heavy atom. The van der Waals surface area contributed by atoms with E-state index in [0.29, 0.717) is 11.4 Å². The number of aromatic nitrogens is 3. The molecule has 0 spiro atoms. The number of furan rings is 1. The summed E-state index contributed by atoms with van der Waals surface area (Å²) in [6.07, 6.45) is 7.32. The Bertz CT molecular complexity index is 1280. The zero-order valence-electron chi connectivity index (χ0n) is 17.9. The Hall–Kier alpha value is -4.14. The highest BCUT2D eigenvalue weighted by Crippen LogP contribution is 2.33. The van der Waals surface area contributed by atoms with Crippen molar-refractivity contribution in [2.45, 2.75) is 25.7 Å². The van der Waals surface area contributed by atoms with E-state index in [1.165, 1.54) is 11.9 Å². The normalized spacial score (nSPS) is 12.8. The maximum absolute atomic E-state index is 12.2. The van der Waals surface area contributed by atoms with Gasteiger partial charge in [-0.1, -0.05) is 0 Å². The van der Waals surface area contributed by atoms with E-state index in [1.54, 1.807) is 29.2 Å². The molecule has 0 bridgehead atoms. The number of rotatable bonds is 7. The van der Waals surface area contributed by atoms with Crippen LogP contribution in [-0.2, 0) is 22.4 Å². The second kappa shape index (κ2) is 9.15. The number of benzene rings is 2. The average Bonchev–Trinajstić information content (AvgIpc) is 3.50. The van der Waals surface area contributed by atoms with Crippen LogP contribution in [0.3, 0.4) is 0 Å². The Morgan fingerprint density at radius 3 is 2.73 bits per heavy atom. The molecule has 2 aromatic heterocycles. The Labute approximate surface area is 189 Å². The van der Waals surface area contributed by atoms with Crippen LogP contribution in [-0.4, -0.2) is 39.7 Å². The fourth-order valence-electron chi connectivity index (χ4n) is 3.95. The first-order valence-electron chi connectivity index (χ1n) is 10.8. The zero-order valence-corrected chi connectivity index (χ0v) is 17.9. The van der Waals surface area contributed by atoms with Crippen LogP contribution in [0, 0.1) is 0 Å². The van der Waals surface area contributed by atoms with E-state index in [1.807, 2.05) is 24.3 Å². The number of nitrogens with one attached hydrogen (secondary N) is 2. The van der Waals surface area contributed by atoms with Gasteiger partial charge in [0.1, 0.15) is 29.7 Å². The third-order valence-electron chi connectivity index (χ3n) is 5.58. The van der Waals surface area contributed by atoms with Crippen LogP contribution in [0.15, 0.2) is 59.5 Å². The van der Waals surface area contributed by atoms with Crippen LogP contribution in [0.5, 0.6) is 5.75 Å². The smallest absolute Gasteiger partial charge is 0.258 e.